The molecule has 1 aliphatic carbocycles. The number of aromatic nitrogens is 2. The summed E-state index contributed by atoms with van der Waals surface area (Å²) in [5.74, 6) is 1.10. The van der Waals surface area contributed by atoms with E-state index in [1.807, 2.05) is 6.92 Å². The smallest absolute Gasteiger partial charge is 0.221 e. The Balaban J connectivity index is 1.97. The highest BCUT2D eigenvalue weighted by molar-refractivity contribution is 5.65. The molecule has 1 aliphatic rings. The van der Waals surface area contributed by atoms with Crippen LogP contribution < -0.4 is 11.1 Å². The molecule has 0 bridgehead atoms. The SMILES string of the molecule is Cc1cnc(N)nc1Nc1cccc2c1CCCC2. The Bertz CT molecular complexity index is 607. The molecule has 98 valence electrons. The fourth-order valence-corrected chi connectivity index (χ4v) is 2.61. The Labute approximate surface area is 113 Å². The van der Waals surface area contributed by atoms with Crippen LogP contribution in [-0.4, -0.2) is 9.97 Å². The predicted molar refractivity (Wildman–Crippen MR) is 77.5 cm³/mol. The van der Waals surface area contributed by atoms with Crippen molar-refractivity contribution in [2.45, 2.75) is 32.6 Å². The zero-order valence-corrected chi connectivity index (χ0v) is 11.1. The maximum atomic E-state index is 5.66. The Morgan fingerprint density at radius 3 is 2.95 bits per heavy atom. The first kappa shape index (κ1) is 12.0. The fraction of sp³-hybridized carbons (Fsp3) is 0.333. The number of aryl methyl sites for hydroxylation is 2. The van der Waals surface area contributed by atoms with Gasteiger partial charge < -0.3 is 11.1 Å². The zero-order valence-electron chi connectivity index (χ0n) is 11.1. The summed E-state index contributed by atoms with van der Waals surface area (Å²) in [4.78, 5) is 8.27. The van der Waals surface area contributed by atoms with Gasteiger partial charge in [-0.15, -0.1) is 0 Å². The Hall–Kier alpha value is -2.10. The van der Waals surface area contributed by atoms with Crippen molar-refractivity contribution < 1.29 is 0 Å². The average Bonchev–Trinajstić information content (AvgIpc) is 2.43. The van der Waals surface area contributed by atoms with Crippen molar-refractivity contribution in [1.29, 1.82) is 0 Å². The maximum absolute atomic E-state index is 5.66. The number of nitrogen functional groups attached to an aromatic ring is 1. The number of nitrogens with zero attached hydrogens (tertiary/aromatic N) is 2. The van der Waals surface area contributed by atoms with Crippen LogP contribution in [0.2, 0.25) is 0 Å². The largest absolute Gasteiger partial charge is 0.368 e. The molecular weight excluding hydrogens is 236 g/mol. The molecule has 0 saturated carbocycles. The molecule has 4 nitrogen and oxygen atoms in total. The van der Waals surface area contributed by atoms with E-state index in [2.05, 4.69) is 33.5 Å². The maximum Gasteiger partial charge on any atom is 0.221 e. The Morgan fingerprint density at radius 2 is 2.05 bits per heavy atom. The van der Waals surface area contributed by atoms with Crippen LogP contribution in [0.5, 0.6) is 0 Å². The monoisotopic (exact) mass is 254 g/mol. The summed E-state index contributed by atoms with van der Waals surface area (Å²) in [5, 5.41) is 3.41. The third-order valence-electron chi connectivity index (χ3n) is 3.64. The highest BCUT2D eigenvalue weighted by Gasteiger charge is 2.13. The van der Waals surface area contributed by atoms with Crippen molar-refractivity contribution in [3.8, 4) is 0 Å². The molecule has 2 aromatic rings. The second kappa shape index (κ2) is 4.88. The summed E-state index contributed by atoms with van der Waals surface area (Å²) in [6.45, 7) is 1.98. The van der Waals surface area contributed by atoms with Gasteiger partial charge in [0.15, 0.2) is 0 Å². The minimum Gasteiger partial charge on any atom is -0.368 e. The molecular formula is C15H18N4. The first-order valence-electron chi connectivity index (χ1n) is 6.71. The number of hydrogen-bond acceptors (Lipinski definition) is 4. The molecule has 0 saturated heterocycles. The van der Waals surface area contributed by atoms with E-state index in [4.69, 9.17) is 5.73 Å². The van der Waals surface area contributed by atoms with Crippen molar-refractivity contribution in [2.24, 2.45) is 0 Å². The van der Waals surface area contributed by atoms with Gasteiger partial charge >= 0.3 is 0 Å². The third kappa shape index (κ3) is 2.38. The van der Waals surface area contributed by atoms with E-state index in [-0.39, 0.29) is 0 Å². The number of fused-ring (bicyclic) bond motifs is 1. The fourth-order valence-electron chi connectivity index (χ4n) is 2.61. The van der Waals surface area contributed by atoms with E-state index in [1.54, 1.807) is 6.20 Å². The second-order valence-electron chi connectivity index (χ2n) is 5.04. The molecule has 1 heterocycles. The lowest BCUT2D eigenvalue weighted by Crippen LogP contribution is -2.08. The highest BCUT2D eigenvalue weighted by Crippen LogP contribution is 2.30. The van der Waals surface area contributed by atoms with Gasteiger partial charge in [-0.25, -0.2) is 4.98 Å². The molecule has 3 N–H and O–H groups in total. The van der Waals surface area contributed by atoms with Crippen LogP contribution >= 0.6 is 0 Å². The van der Waals surface area contributed by atoms with Crippen LogP contribution in [-0.2, 0) is 12.8 Å². The number of rotatable bonds is 2. The molecule has 19 heavy (non-hydrogen) atoms. The molecule has 0 unspecified atom stereocenters. The van der Waals surface area contributed by atoms with Gasteiger partial charge in [-0.1, -0.05) is 12.1 Å². The molecule has 0 aliphatic heterocycles. The zero-order chi connectivity index (χ0) is 13.2. The standard InChI is InChI=1S/C15H18N4/c1-10-9-17-15(16)19-14(10)18-13-8-4-6-11-5-2-3-7-12(11)13/h4,6,8-9H,2-3,5,7H2,1H3,(H3,16,17,18,19). The molecule has 1 aromatic heterocycles. The summed E-state index contributed by atoms with van der Waals surface area (Å²) in [7, 11) is 0. The summed E-state index contributed by atoms with van der Waals surface area (Å²) >= 11 is 0. The van der Waals surface area contributed by atoms with Crippen molar-refractivity contribution in [3.63, 3.8) is 0 Å². The van der Waals surface area contributed by atoms with Gasteiger partial charge in [-0.3, -0.25) is 0 Å². The van der Waals surface area contributed by atoms with Crippen LogP contribution in [0.4, 0.5) is 17.5 Å². The van der Waals surface area contributed by atoms with E-state index < -0.39 is 0 Å². The molecule has 3 rings (SSSR count). The number of nitrogens with one attached hydrogen (secondary N) is 1. The first-order chi connectivity index (χ1) is 9.24. The van der Waals surface area contributed by atoms with Crippen molar-refractivity contribution >= 4 is 17.5 Å². The van der Waals surface area contributed by atoms with Gasteiger partial charge in [0.05, 0.1) is 0 Å². The summed E-state index contributed by atoms with van der Waals surface area (Å²) in [6, 6.07) is 6.44. The van der Waals surface area contributed by atoms with E-state index in [9.17, 15) is 0 Å². The lowest BCUT2D eigenvalue weighted by atomic mass is 9.90. The van der Waals surface area contributed by atoms with Gasteiger partial charge in [0.25, 0.3) is 0 Å². The van der Waals surface area contributed by atoms with Crippen molar-refractivity contribution in [2.75, 3.05) is 11.1 Å². The average molecular weight is 254 g/mol. The molecule has 0 amide bonds. The number of benzene rings is 1. The van der Waals surface area contributed by atoms with E-state index in [1.165, 1.54) is 30.4 Å². The van der Waals surface area contributed by atoms with E-state index >= 15 is 0 Å². The second-order valence-corrected chi connectivity index (χ2v) is 5.04. The van der Waals surface area contributed by atoms with Crippen LogP contribution in [0, 0.1) is 6.92 Å². The molecule has 0 atom stereocenters. The van der Waals surface area contributed by atoms with Gasteiger partial charge in [-0.05, 0) is 49.8 Å². The van der Waals surface area contributed by atoms with Crippen LogP contribution in [0.15, 0.2) is 24.4 Å². The Kier molecular flexibility index (Phi) is 3.07. The van der Waals surface area contributed by atoms with Crippen LogP contribution in [0.3, 0.4) is 0 Å². The lowest BCUT2D eigenvalue weighted by Gasteiger charge is -2.20. The van der Waals surface area contributed by atoms with Gasteiger partial charge in [-0.2, -0.15) is 4.98 Å². The molecule has 1 aromatic carbocycles. The number of nitrogens with two attached hydrogens (primary N) is 1. The van der Waals surface area contributed by atoms with Gasteiger partial charge in [0.2, 0.25) is 5.95 Å². The minimum atomic E-state index is 0.304. The molecule has 4 heteroatoms. The summed E-state index contributed by atoms with van der Waals surface area (Å²) < 4.78 is 0. The van der Waals surface area contributed by atoms with Gasteiger partial charge in [0.1, 0.15) is 5.82 Å². The molecule has 0 spiro atoms. The molecule has 0 radical (unpaired) electrons. The van der Waals surface area contributed by atoms with Crippen LogP contribution in [0.25, 0.3) is 0 Å². The van der Waals surface area contributed by atoms with Gasteiger partial charge in [0, 0.05) is 17.4 Å². The van der Waals surface area contributed by atoms with E-state index in [0.717, 1.165) is 23.5 Å². The topological polar surface area (TPSA) is 63.8 Å². The predicted octanol–water partition coefficient (Wildman–Crippen LogP) is 2.99. The molecule has 0 fully saturated rings. The summed E-state index contributed by atoms with van der Waals surface area (Å²) in [6.07, 6.45) is 6.61. The third-order valence-corrected chi connectivity index (χ3v) is 3.64. The van der Waals surface area contributed by atoms with Crippen LogP contribution in [0.1, 0.15) is 29.5 Å². The Morgan fingerprint density at radius 1 is 1.21 bits per heavy atom. The first-order valence-corrected chi connectivity index (χ1v) is 6.71. The van der Waals surface area contributed by atoms with Crippen molar-refractivity contribution in [3.05, 3.63) is 41.1 Å². The number of anilines is 3. The minimum absolute atomic E-state index is 0.304. The van der Waals surface area contributed by atoms with Crippen molar-refractivity contribution in [1.82, 2.24) is 9.97 Å². The highest BCUT2D eigenvalue weighted by atomic mass is 15.1. The summed E-state index contributed by atoms with van der Waals surface area (Å²) in [5.41, 5.74) is 10.7. The number of hydrogen-bond donors (Lipinski definition) is 2. The normalized spacial score (nSPS) is 13.9. The lowest BCUT2D eigenvalue weighted by molar-refractivity contribution is 0.687. The van der Waals surface area contributed by atoms with E-state index in [0.29, 0.717) is 5.95 Å². The quantitative estimate of drug-likeness (QED) is 0.864.